The number of hydrogen-bond donors (Lipinski definition) is 3. The molecule has 1 aliphatic rings. The lowest BCUT2D eigenvalue weighted by Crippen LogP contribution is -2.37. The lowest BCUT2D eigenvalue weighted by atomic mass is 10.1. The van der Waals surface area contributed by atoms with Gasteiger partial charge in [0.05, 0.1) is 22.5 Å². The molecule has 0 aliphatic carbocycles. The summed E-state index contributed by atoms with van der Waals surface area (Å²) in [5.41, 5.74) is 0.441. The Labute approximate surface area is 210 Å². The van der Waals surface area contributed by atoms with Gasteiger partial charge in [0.15, 0.2) is 0 Å². The van der Waals surface area contributed by atoms with E-state index in [9.17, 15) is 24.0 Å². The van der Waals surface area contributed by atoms with Crippen LogP contribution in [0.4, 0.5) is 16.2 Å². The number of carbonyl (C=O) groups is 5. The minimum absolute atomic E-state index is 0.0217. The fraction of sp³-hybridized carbons (Fsp3) is 0.292. The molecular formula is C24H25BrN4O6. The summed E-state index contributed by atoms with van der Waals surface area (Å²) in [5, 5.41) is 7.79. The van der Waals surface area contributed by atoms with E-state index in [-0.39, 0.29) is 24.1 Å². The highest BCUT2D eigenvalue weighted by Crippen LogP contribution is 2.26. The summed E-state index contributed by atoms with van der Waals surface area (Å²) in [6, 6.07) is 11.2. The van der Waals surface area contributed by atoms with Gasteiger partial charge in [-0.3, -0.25) is 24.1 Å². The second-order valence-electron chi connectivity index (χ2n) is 8.71. The molecule has 3 N–H and O–H groups in total. The molecule has 0 aromatic heterocycles. The van der Waals surface area contributed by atoms with Crippen LogP contribution >= 0.6 is 15.9 Å². The van der Waals surface area contributed by atoms with E-state index in [1.165, 1.54) is 12.1 Å². The summed E-state index contributed by atoms with van der Waals surface area (Å²) in [5.74, 6) is -2.10. The standard InChI is InChI=1S/C24H25BrN4O6/c1-24(2,3)35-23(34)26-11-10-19(30)27-17-6-4-5-7-18(17)28-20(31)13-29-21(32)15-9-8-14(25)12-16(15)22(29)33/h4-9,12H,10-11,13H2,1-3H3,(H,26,34)(H,27,30)(H,28,31). The largest absolute Gasteiger partial charge is 0.444 e. The monoisotopic (exact) mass is 544 g/mol. The van der Waals surface area contributed by atoms with Gasteiger partial charge < -0.3 is 20.7 Å². The summed E-state index contributed by atoms with van der Waals surface area (Å²) >= 11 is 3.27. The van der Waals surface area contributed by atoms with Crippen LogP contribution in [0.2, 0.25) is 0 Å². The highest BCUT2D eigenvalue weighted by atomic mass is 79.9. The number of nitrogens with one attached hydrogen (secondary N) is 3. The van der Waals surface area contributed by atoms with Crippen molar-refractivity contribution in [1.29, 1.82) is 0 Å². The Bertz CT molecular complexity index is 1190. The first-order chi connectivity index (χ1) is 16.4. The number of nitrogens with zero attached hydrogens (tertiary/aromatic N) is 1. The maximum atomic E-state index is 12.6. The Morgan fingerprint density at radius 1 is 0.914 bits per heavy atom. The zero-order valence-corrected chi connectivity index (χ0v) is 21.0. The molecule has 0 bridgehead atoms. The number of anilines is 2. The van der Waals surface area contributed by atoms with E-state index < -0.39 is 41.9 Å². The van der Waals surface area contributed by atoms with Crippen LogP contribution in [0.25, 0.3) is 0 Å². The third-order valence-electron chi connectivity index (χ3n) is 4.73. The van der Waals surface area contributed by atoms with Crippen LogP contribution < -0.4 is 16.0 Å². The number of carbonyl (C=O) groups excluding carboxylic acids is 5. The number of ether oxygens (including phenoxy) is 1. The number of hydrogen-bond acceptors (Lipinski definition) is 6. The Hall–Kier alpha value is -3.73. The predicted octanol–water partition coefficient (Wildman–Crippen LogP) is 3.54. The predicted molar refractivity (Wildman–Crippen MR) is 132 cm³/mol. The van der Waals surface area contributed by atoms with Gasteiger partial charge in [-0.1, -0.05) is 28.1 Å². The first kappa shape index (κ1) is 25.9. The fourth-order valence-corrected chi connectivity index (χ4v) is 3.61. The quantitative estimate of drug-likeness (QED) is 0.456. The molecule has 0 radical (unpaired) electrons. The molecule has 5 amide bonds. The Kier molecular flexibility index (Phi) is 7.90. The van der Waals surface area contributed by atoms with E-state index in [1.807, 2.05) is 0 Å². The van der Waals surface area contributed by atoms with Crippen molar-refractivity contribution in [1.82, 2.24) is 10.2 Å². The van der Waals surface area contributed by atoms with Crippen molar-refractivity contribution in [2.45, 2.75) is 32.8 Å². The summed E-state index contributed by atoms with van der Waals surface area (Å²) < 4.78 is 5.76. The van der Waals surface area contributed by atoms with Gasteiger partial charge >= 0.3 is 6.09 Å². The van der Waals surface area contributed by atoms with Crippen LogP contribution in [-0.2, 0) is 14.3 Å². The van der Waals surface area contributed by atoms with Crippen molar-refractivity contribution in [2.75, 3.05) is 23.7 Å². The van der Waals surface area contributed by atoms with Crippen LogP contribution in [0.5, 0.6) is 0 Å². The van der Waals surface area contributed by atoms with Crippen molar-refractivity contribution < 1.29 is 28.7 Å². The summed E-state index contributed by atoms with van der Waals surface area (Å²) in [4.78, 5) is 62.7. The smallest absolute Gasteiger partial charge is 0.407 e. The third-order valence-corrected chi connectivity index (χ3v) is 5.22. The molecule has 1 aliphatic heterocycles. The van der Waals surface area contributed by atoms with E-state index >= 15 is 0 Å². The number of fused-ring (bicyclic) bond motifs is 1. The van der Waals surface area contributed by atoms with Crippen LogP contribution in [0.15, 0.2) is 46.9 Å². The van der Waals surface area contributed by atoms with Gasteiger partial charge in [-0.15, -0.1) is 0 Å². The van der Waals surface area contributed by atoms with E-state index in [1.54, 1.807) is 51.1 Å². The maximum absolute atomic E-state index is 12.6. The Balaban J connectivity index is 1.56. The SMILES string of the molecule is CC(C)(C)OC(=O)NCCC(=O)Nc1ccccc1NC(=O)CN1C(=O)c2ccc(Br)cc2C1=O. The summed E-state index contributed by atoms with van der Waals surface area (Å²) in [6.45, 7) is 4.78. The normalized spacial score (nSPS) is 12.7. The van der Waals surface area contributed by atoms with E-state index in [0.29, 0.717) is 15.8 Å². The zero-order chi connectivity index (χ0) is 25.8. The average Bonchev–Trinajstić information content (AvgIpc) is 2.98. The van der Waals surface area contributed by atoms with E-state index in [2.05, 4.69) is 31.9 Å². The highest BCUT2D eigenvalue weighted by molar-refractivity contribution is 9.10. The fourth-order valence-electron chi connectivity index (χ4n) is 3.25. The third kappa shape index (κ3) is 6.89. The number of benzene rings is 2. The molecule has 35 heavy (non-hydrogen) atoms. The highest BCUT2D eigenvalue weighted by Gasteiger charge is 2.36. The van der Waals surface area contributed by atoms with E-state index in [0.717, 1.165) is 4.90 Å². The lowest BCUT2D eigenvalue weighted by molar-refractivity contribution is -0.117. The van der Waals surface area contributed by atoms with Gasteiger partial charge in [-0.2, -0.15) is 0 Å². The molecule has 0 saturated carbocycles. The van der Waals surface area contributed by atoms with Crippen LogP contribution in [-0.4, -0.2) is 53.3 Å². The molecule has 2 aromatic carbocycles. The molecule has 0 saturated heterocycles. The second kappa shape index (κ2) is 10.7. The maximum Gasteiger partial charge on any atom is 0.407 e. The van der Waals surface area contributed by atoms with Gasteiger partial charge in [0.1, 0.15) is 12.1 Å². The topological polar surface area (TPSA) is 134 Å². The van der Waals surface area contributed by atoms with Gasteiger partial charge in [-0.25, -0.2) is 4.79 Å². The molecule has 2 aromatic rings. The van der Waals surface area contributed by atoms with Gasteiger partial charge in [0.25, 0.3) is 11.8 Å². The first-order valence-electron chi connectivity index (χ1n) is 10.8. The molecule has 184 valence electrons. The van der Waals surface area contributed by atoms with Crippen molar-refractivity contribution in [3.63, 3.8) is 0 Å². The van der Waals surface area contributed by atoms with Crippen molar-refractivity contribution in [3.8, 4) is 0 Å². The molecule has 0 spiro atoms. The number of amides is 5. The molecule has 1 heterocycles. The molecule has 11 heteroatoms. The van der Waals surface area contributed by atoms with E-state index in [4.69, 9.17) is 4.74 Å². The number of halogens is 1. The van der Waals surface area contributed by atoms with Crippen molar-refractivity contribution in [3.05, 3.63) is 58.1 Å². The second-order valence-corrected chi connectivity index (χ2v) is 9.62. The van der Waals surface area contributed by atoms with Crippen LogP contribution in [0.3, 0.4) is 0 Å². The van der Waals surface area contributed by atoms with Gasteiger partial charge in [0.2, 0.25) is 11.8 Å². The first-order valence-corrected chi connectivity index (χ1v) is 11.6. The number of rotatable bonds is 7. The lowest BCUT2D eigenvalue weighted by Gasteiger charge is -2.19. The zero-order valence-electron chi connectivity index (χ0n) is 19.4. The summed E-state index contributed by atoms with van der Waals surface area (Å²) in [6.07, 6.45) is -0.648. The minimum atomic E-state index is -0.645. The minimum Gasteiger partial charge on any atom is -0.444 e. The summed E-state index contributed by atoms with van der Waals surface area (Å²) in [7, 11) is 0. The molecule has 0 unspecified atom stereocenters. The average molecular weight is 545 g/mol. The molecule has 3 rings (SSSR count). The van der Waals surface area contributed by atoms with Crippen LogP contribution in [0, 0.1) is 0 Å². The number of alkyl carbamates (subject to hydrolysis) is 1. The molecular weight excluding hydrogens is 520 g/mol. The Morgan fingerprint density at radius 3 is 2.14 bits per heavy atom. The van der Waals surface area contributed by atoms with Gasteiger partial charge in [-0.05, 0) is 51.1 Å². The van der Waals surface area contributed by atoms with Crippen LogP contribution in [0.1, 0.15) is 47.9 Å². The number of para-hydroxylation sites is 2. The van der Waals surface area contributed by atoms with Gasteiger partial charge in [0, 0.05) is 17.4 Å². The van der Waals surface area contributed by atoms with Crippen molar-refractivity contribution in [2.24, 2.45) is 0 Å². The Morgan fingerprint density at radius 2 is 1.51 bits per heavy atom. The molecule has 10 nitrogen and oxygen atoms in total. The number of imide groups is 1. The molecule has 0 atom stereocenters. The molecule has 0 fully saturated rings. The van der Waals surface area contributed by atoms with Crippen molar-refractivity contribution >= 4 is 57.0 Å².